The van der Waals surface area contributed by atoms with E-state index in [1.54, 1.807) is 17.5 Å². The van der Waals surface area contributed by atoms with E-state index in [1.807, 2.05) is 43.3 Å². The van der Waals surface area contributed by atoms with Crippen LogP contribution >= 0.6 is 39.7 Å². The van der Waals surface area contributed by atoms with Crippen molar-refractivity contribution in [2.45, 2.75) is 13.0 Å². The van der Waals surface area contributed by atoms with Crippen LogP contribution in [0.3, 0.4) is 0 Å². The summed E-state index contributed by atoms with van der Waals surface area (Å²) in [5, 5.41) is 15.0. The lowest BCUT2D eigenvalue weighted by atomic mass is 10.1. The summed E-state index contributed by atoms with van der Waals surface area (Å²) in [6, 6.07) is 15.4. The number of rotatable bonds is 5. The highest BCUT2D eigenvalue weighted by atomic mass is 79.9. The number of aromatic nitrogens is 2. The van der Waals surface area contributed by atoms with Crippen LogP contribution in [-0.4, -0.2) is 20.6 Å². The van der Waals surface area contributed by atoms with Crippen molar-refractivity contribution in [3.63, 3.8) is 0 Å². The number of hydrogen-bond donors (Lipinski definition) is 3. The van der Waals surface area contributed by atoms with Crippen LogP contribution < -0.4 is 16.0 Å². The first-order valence-electron chi connectivity index (χ1n) is 8.03. The minimum atomic E-state index is -0.287. The fourth-order valence-electron chi connectivity index (χ4n) is 2.29. The van der Waals surface area contributed by atoms with Gasteiger partial charge < -0.3 is 16.0 Å². The summed E-state index contributed by atoms with van der Waals surface area (Å²) >= 11 is 9.95. The SMILES string of the molecule is CC(NC(=S)Nc1ccc(NC(=O)c2csnn2)cc1)c1ccc(Br)cc1. The van der Waals surface area contributed by atoms with Crippen molar-refractivity contribution < 1.29 is 4.79 Å². The molecule has 0 aliphatic carbocycles. The van der Waals surface area contributed by atoms with Crippen LogP contribution in [0.5, 0.6) is 0 Å². The van der Waals surface area contributed by atoms with Crippen LogP contribution in [0.25, 0.3) is 0 Å². The van der Waals surface area contributed by atoms with Crippen molar-refractivity contribution in [1.82, 2.24) is 14.9 Å². The highest BCUT2D eigenvalue weighted by Crippen LogP contribution is 2.18. The molecule has 0 radical (unpaired) electrons. The molecule has 3 rings (SSSR count). The van der Waals surface area contributed by atoms with Gasteiger partial charge in [0.15, 0.2) is 10.8 Å². The quantitative estimate of drug-likeness (QED) is 0.481. The average Bonchev–Trinajstić information content (AvgIpc) is 3.18. The number of hydrogen-bond acceptors (Lipinski definition) is 5. The molecule has 3 N–H and O–H groups in total. The van der Waals surface area contributed by atoms with E-state index in [1.165, 1.54) is 0 Å². The van der Waals surface area contributed by atoms with Crippen molar-refractivity contribution in [2.24, 2.45) is 0 Å². The first-order chi connectivity index (χ1) is 13.0. The standard InChI is InChI=1S/C18H16BrN5OS2/c1-11(12-2-4-13(19)5-3-12)20-18(26)22-15-8-6-14(7-9-15)21-17(25)16-10-27-24-23-16/h2-11H,1H3,(H,21,25)(H2,20,22,26). The molecule has 1 atom stereocenters. The van der Waals surface area contributed by atoms with Crippen LogP contribution in [0.1, 0.15) is 29.0 Å². The first-order valence-corrected chi connectivity index (χ1v) is 10.1. The molecule has 2 aromatic carbocycles. The summed E-state index contributed by atoms with van der Waals surface area (Å²) in [5.74, 6) is -0.287. The number of carbonyl (C=O) groups excluding carboxylic acids is 1. The van der Waals surface area contributed by atoms with Crippen LogP contribution in [0, 0.1) is 0 Å². The highest BCUT2D eigenvalue weighted by Gasteiger charge is 2.10. The molecule has 138 valence electrons. The minimum absolute atomic E-state index is 0.0726. The molecule has 1 amide bonds. The van der Waals surface area contributed by atoms with Gasteiger partial charge in [-0.1, -0.05) is 32.6 Å². The summed E-state index contributed by atoms with van der Waals surface area (Å²) in [7, 11) is 0. The molecule has 6 nitrogen and oxygen atoms in total. The molecular formula is C18H16BrN5OS2. The van der Waals surface area contributed by atoms with Crippen LogP contribution in [-0.2, 0) is 0 Å². The number of carbonyl (C=O) groups is 1. The van der Waals surface area contributed by atoms with Gasteiger partial charge in [0.25, 0.3) is 5.91 Å². The van der Waals surface area contributed by atoms with E-state index in [4.69, 9.17) is 12.2 Å². The molecule has 0 saturated carbocycles. The van der Waals surface area contributed by atoms with E-state index in [0.29, 0.717) is 16.5 Å². The zero-order valence-corrected chi connectivity index (χ0v) is 17.5. The minimum Gasteiger partial charge on any atom is -0.356 e. The van der Waals surface area contributed by atoms with Gasteiger partial charge in [-0.25, -0.2) is 0 Å². The molecule has 1 heterocycles. The van der Waals surface area contributed by atoms with Crippen LogP contribution in [0.2, 0.25) is 0 Å². The Balaban J connectivity index is 1.53. The van der Waals surface area contributed by atoms with Gasteiger partial charge >= 0.3 is 0 Å². The van der Waals surface area contributed by atoms with Gasteiger partial charge in [-0.3, -0.25) is 4.79 Å². The van der Waals surface area contributed by atoms with Crippen molar-refractivity contribution in [3.8, 4) is 0 Å². The van der Waals surface area contributed by atoms with Crippen LogP contribution in [0.15, 0.2) is 58.4 Å². The fourth-order valence-corrected chi connectivity index (χ4v) is 3.29. The number of nitrogens with one attached hydrogen (secondary N) is 3. The number of thiocarbonyl (C=S) groups is 1. The Kier molecular flexibility index (Phi) is 6.49. The second-order valence-electron chi connectivity index (χ2n) is 5.69. The molecule has 9 heteroatoms. The zero-order chi connectivity index (χ0) is 19.2. The molecule has 0 aliphatic rings. The van der Waals surface area contributed by atoms with Gasteiger partial charge in [0.05, 0.1) is 6.04 Å². The number of anilines is 2. The molecule has 0 saturated heterocycles. The van der Waals surface area contributed by atoms with E-state index in [0.717, 1.165) is 27.3 Å². The third kappa shape index (κ3) is 5.56. The molecule has 0 bridgehead atoms. The molecule has 0 spiro atoms. The highest BCUT2D eigenvalue weighted by molar-refractivity contribution is 9.10. The maximum absolute atomic E-state index is 12.0. The Morgan fingerprint density at radius 2 is 1.70 bits per heavy atom. The Morgan fingerprint density at radius 1 is 1.07 bits per heavy atom. The topological polar surface area (TPSA) is 78.9 Å². The maximum atomic E-state index is 12.0. The van der Waals surface area contributed by atoms with Gasteiger partial charge in [0.2, 0.25) is 0 Å². The number of benzene rings is 2. The van der Waals surface area contributed by atoms with E-state index in [-0.39, 0.29) is 11.9 Å². The second kappa shape index (κ2) is 9.03. The smallest absolute Gasteiger partial charge is 0.277 e. The van der Waals surface area contributed by atoms with E-state index in [2.05, 4.69) is 41.5 Å². The van der Waals surface area contributed by atoms with Crippen LogP contribution in [0.4, 0.5) is 11.4 Å². The second-order valence-corrected chi connectivity index (χ2v) is 7.63. The average molecular weight is 462 g/mol. The summed E-state index contributed by atoms with van der Waals surface area (Å²) in [6.07, 6.45) is 0. The predicted molar refractivity (Wildman–Crippen MR) is 116 cm³/mol. The van der Waals surface area contributed by atoms with Gasteiger partial charge in [-0.2, -0.15) is 0 Å². The molecule has 1 aromatic heterocycles. The third-order valence-corrected chi connectivity index (χ3v) is 4.96. The predicted octanol–water partition coefficient (Wildman–Crippen LogP) is 4.60. The fraction of sp³-hybridized carbons (Fsp3) is 0.111. The molecule has 1 unspecified atom stereocenters. The summed E-state index contributed by atoms with van der Waals surface area (Å²) < 4.78 is 4.72. The molecule has 3 aromatic rings. The van der Waals surface area contributed by atoms with E-state index in [9.17, 15) is 4.79 Å². The van der Waals surface area contributed by atoms with E-state index < -0.39 is 0 Å². The zero-order valence-electron chi connectivity index (χ0n) is 14.3. The van der Waals surface area contributed by atoms with Crippen molar-refractivity contribution >= 4 is 62.1 Å². The molecule has 0 fully saturated rings. The third-order valence-electron chi connectivity index (χ3n) is 3.71. The monoisotopic (exact) mass is 461 g/mol. The summed E-state index contributed by atoms with van der Waals surface area (Å²) in [4.78, 5) is 12.0. The van der Waals surface area contributed by atoms with E-state index >= 15 is 0 Å². The Labute approximate surface area is 174 Å². The largest absolute Gasteiger partial charge is 0.356 e. The normalized spacial score (nSPS) is 11.5. The van der Waals surface area contributed by atoms with Crippen molar-refractivity contribution in [1.29, 1.82) is 0 Å². The van der Waals surface area contributed by atoms with Crippen molar-refractivity contribution in [2.75, 3.05) is 10.6 Å². The lowest BCUT2D eigenvalue weighted by Crippen LogP contribution is -2.30. The lowest BCUT2D eigenvalue weighted by Gasteiger charge is -2.17. The number of amides is 1. The Hall–Kier alpha value is -2.36. The van der Waals surface area contributed by atoms with Gasteiger partial charge in [-0.05, 0) is 72.6 Å². The van der Waals surface area contributed by atoms with Gasteiger partial charge in [0, 0.05) is 21.2 Å². The maximum Gasteiger partial charge on any atom is 0.277 e. The molecule has 27 heavy (non-hydrogen) atoms. The Morgan fingerprint density at radius 3 is 2.30 bits per heavy atom. The number of halogens is 1. The first kappa shape index (κ1) is 19.4. The molecular weight excluding hydrogens is 446 g/mol. The van der Waals surface area contributed by atoms with Gasteiger partial charge in [0.1, 0.15) is 0 Å². The molecule has 0 aliphatic heterocycles. The van der Waals surface area contributed by atoms with Gasteiger partial charge in [-0.15, -0.1) is 5.10 Å². The number of nitrogens with zero attached hydrogens (tertiary/aromatic N) is 2. The summed E-state index contributed by atoms with van der Waals surface area (Å²) in [5.41, 5.74) is 2.93. The van der Waals surface area contributed by atoms with Crippen molar-refractivity contribution in [3.05, 3.63) is 69.6 Å². The summed E-state index contributed by atoms with van der Waals surface area (Å²) in [6.45, 7) is 2.04. The lowest BCUT2D eigenvalue weighted by molar-refractivity contribution is 0.102. The Bertz CT molecular complexity index is 914.